The van der Waals surface area contributed by atoms with Gasteiger partial charge in [-0.25, -0.2) is 4.98 Å². The normalized spacial score (nSPS) is 11.5. The number of oxime groups is 1. The fourth-order valence-corrected chi connectivity index (χ4v) is 1.86. The van der Waals surface area contributed by atoms with Crippen LogP contribution in [0.2, 0.25) is 0 Å². The van der Waals surface area contributed by atoms with E-state index >= 15 is 0 Å². The van der Waals surface area contributed by atoms with Gasteiger partial charge in [0.05, 0.1) is 11.4 Å². The first-order valence-corrected chi connectivity index (χ1v) is 6.05. The molecule has 0 aliphatic carbocycles. The summed E-state index contributed by atoms with van der Waals surface area (Å²) in [6.45, 7) is 2.25. The van der Waals surface area contributed by atoms with E-state index in [1.807, 2.05) is 42.6 Å². The smallest absolute Gasteiger partial charge is 0.180 e. The zero-order chi connectivity index (χ0) is 12.1. The van der Waals surface area contributed by atoms with Crippen molar-refractivity contribution in [1.82, 2.24) is 4.98 Å². The van der Waals surface area contributed by atoms with Gasteiger partial charge in [0.15, 0.2) is 11.7 Å². The molecule has 0 amide bonds. The molecule has 17 heavy (non-hydrogen) atoms. The number of benzene rings is 1. The molecule has 0 saturated carbocycles. The van der Waals surface area contributed by atoms with E-state index in [0.717, 1.165) is 17.0 Å². The Kier molecular flexibility index (Phi) is 3.72. The SMILES string of the molecule is CC(=NOCc1csc(N)n1)c1ccccc1. The van der Waals surface area contributed by atoms with Crippen LogP contribution in [0.5, 0.6) is 0 Å². The molecule has 0 radical (unpaired) electrons. The first-order chi connectivity index (χ1) is 8.25. The van der Waals surface area contributed by atoms with Crippen LogP contribution in [-0.2, 0) is 11.4 Å². The summed E-state index contributed by atoms with van der Waals surface area (Å²) in [5, 5.41) is 6.45. The largest absolute Gasteiger partial charge is 0.389 e. The molecule has 0 fully saturated rings. The summed E-state index contributed by atoms with van der Waals surface area (Å²) >= 11 is 1.40. The quantitative estimate of drug-likeness (QED) is 0.667. The minimum atomic E-state index is 0.345. The Labute approximate surface area is 104 Å². The first-order valence-electron chi connectivity index (χ1n) is 5.17. The fraction of sp³-hybridized carbons (Fsp3) is 0.167. The monoisotopic (exact) mass is 247 g/mol. The van der Waals surface area contributed by atoms with E-state index in [-0.39, 0.29) is 0 Å². The van der Waals surface area contributed by atoms with Gasteiger partial charge in [-0.15, -0.1) is 11.3 Å². The number of nitrogens with two attached hydrogens (primary N) is 1. The Balaban J connectivity index is 1.93. The topological polar surface area (TPSA) is 60.5 Å². The number of thiazole rings is 1. The van der Waals surface area contributed by atoms with Crippen LogP contribution in [-0.4, -0.2) is 10.7 Å². The lowest BCUT2D eigenvalue weighted by molar-refractivity contribution is 0.128. The summed E-state index contributed by atoms with van der Waals surface area (Å²) in [5.41, 5.74) is 8.21. The van der Waals surface area contributed by atoms with Crippen molar-refractivity contribution in [3.63, 3.8) is 0 Å². The Bertz CT molecular complexity index is 507. The van der Waals surface area contributed by atoms with Crippen molar-refractivity contribution >= 4 is 22.2 Å². The molecule has 1 aromatic heterocycles. The second kappa shape index (κ2) is 5.45. The van der Waals surface area contributed by atoms with E-state index in [1.165, 1.54) is 11.3 Å². The number of hydrogen-bond donors (Lipinski definition) is 1. The highest BCUT2D eigenvalue weighted by molar-refractivity contribution is 7.13. The predicted molar refractivity (Wildman–Crippen MR) is 70.0 cm³/mol. The van der Waals surface area contributed by atoms with E-state index in [1.54, 1.807) is 0 Å². The molecule has 1 aromatic carbocycles. The highest BCUT2D eigenvalue weighted by Crippen LogP contribution is 2.12. The van der Waals surface area contributed by atoms with Gasteiger partial charge in [-0.2, -0.15) is 0 Å². The predicted octanol–water partition coefficient (Wildman–Crippen LogP) is 2.67. The molecule has 0 bridgehead atoms. The number of rotatable bonds is 4. The number of hydrogen-bond acceptors (Lipinski definition) is 5. The highest BCUT2D eigenvalue weighted by atomic mass is 32.1. The molecule has 4 nitrogen and oxygen atoms in total. The van der Waals surface area contributed by atoms with E-state index < -0.39 is 0 Å². The van der Waals surface area contributed by atoms with Crippen molar-refractivity contribution in [1.29, 1.82) is 0 Å². The third kappa shape index (κ3) is 3.29. The Morgan fingerprint density at radius 2 is 2.18 bits per heavy atom. The van der Waals surface area contributed by atoms with Gasteiger partial charge in [-0.05, 0) is 12.5 Å². The van der Waals surface area contributed by atoms with Crippen molar-refractivity contribution in [3.05, 3.63) is 47.0 Å². The maximum Gasteiger partial charge on any atom is 0.180 e. The zero-order valence-corrected chi connectivity index (χ0v) is 10.3. The van der Waals surface area contributed by atoms with Crippen molar-refractivity contribution in [2.45, 2.75) is 13.5 Å². The highest BCUT2D eigenvalue weighted by Gasteiger charge is 1.99. The van der Waals surface area contributed by atoms with Gasteiger partial charge in [0.1, 0.15) is 0 Å². The third-order valence-electron chi connectivity index (χ3n) is 2.17. The second-order valence-corrected chi connectivity index (χ2v) is 4.38. The van der Waals surface area contributed by atoms with Crippen LogP contribution in [0.15, 0.2) is 40.9 Å². The molecular weight excluding hydrogens is 234 g/mol. The number of aromatic nitrogens is 1. The van der Waals surface area contributed by atoms with Crippen LogP contribution in [0.3, 0.4) is 0 Å². The summed E-state index contributed by atoms with van der Waals surface area (Å²) in [5.74, 6) is 0. The lowest BCUT2D eigenvalue weighted by Gasteiger charge is -2.00. The van der Waals surface area contributed by atoms with Crippen molar-refractivity contribution < 1.29 is 4.84 Å². The van der Waals surface area contributed by atoms with Crippen LogP contribution >= 0.6 is 11.3 Å². The molecule has 0 aliphatic rings. The molecule has 0 aliphatic heterocycles. The number of nitrogens with zero attached hydrogens (tertiary/aromatic N) is 2. The molecule has 1 heterocycles. The van der Waals surface area contributed by atoms with Crippen LogP contribution in [0.1, 0.15) is 18.2 Å². The van der Waals surface area contributed by atoms with E-state index in [9.17, 15) is 0 Å². The third-order valence-corrected chi connectivity index (χ3v) is 2.90. The van der Waals surface area contributed by atoms with Gasteiger partial charge in [0, 0.05) is 5.38 Å². The number of nitrogen functional groups attached to an aromatic ring is 1. The number of anilines is 1. The van der Waals surface area contributed by atoms with Crippen molar-refractivity contribution in [2.24, 2.45) is 5.16 Å². The Morgan fingerprint density at radius 1 is 1.41 bits per heavy atom. The van der Waals surface area contributed by atoms with E-state index in [2.05, 4.69) is 10.1 Å². The molecule has 2 N–H and O–H groups in total. The summed E-state index contributed by atoms with van der Waals surface area (Å²) < 4.78 is 0. The molecule has 0 saturated heterocycles. The first kappa shape index (κ1) is 11.6. The molecule has 88 valence electrons. The van der Waals surface area contributed by atoms with Crippen LogP contribution in [0, 0.1) is 0 Å². The summed E-state index contributed by atoms with van der Waals surface area (Å²) in [6.07, 6.45) is 0. The summed E-state index contributed by atoms with van der Waals surface area (Å²) in [7, 11) is 0. The van der Waals surface area contributed by atoms with Crippen LogP contribution < -0.4 is 5.73 Å². The van der Waals surface area contributed by atoms with Gasteiger partial charge in [-0.1, -0.05) is 35.5 Å². The van der Waals surface area contributed by atoms with Crippen LogP contribution in [0.4, 0.5) is 5.13 Å². The lowest BCUT2D eigenvalue weighted by atomic mass is 10.1. The maximum absolute atomic E-state index is 5.52. The fourth-order valence-electron chi connectivity index (χ4n) is 1.32. The van der Waals surface area contributed by atoms with Crippen molar-refractivity contribution in [2.75, 3.05) is 5.73 Å². The summed E-state index contributed by atoms with van der Waals surface area (Å²) in [6, 6.07) is 9.88. The van der Waals surface area contributed by atoms with Crippen molar-refractivity contribution in [3.8, 4) is 0 Å². The zero-order valence-electron chi connectivity index (χ0n) is 9.46. The van der Waals surface area contributed by atoms with E-state index in [4.69, 9.17) is 10.6 Å². The van der Waals surface area contributed by atoms with Gasteiger partial charge < -0.3 is 10.6 Å². The molecule has 0 atom stereocenters. The average molecular weight is 247 g/mol. The lowest BCUT2D eigenvalue weighted by Crippen LogP contribution is -1.96. The molecular formula is C12H13N3OS. The molecule has 0 spiro atoms. The molecule has 2 aromatic rings. The molecule has 2 rings (SSSR count). The molecule has 5 heteroatoms. The standard InChI is InChI=1S/C12H13N3OS/c1-9(10-5-3-2-4-6-10)15-16-7-11-8-17-12(13)14-11/h2-6,8H,7H2,1H3,(H2,13,14). The van der Waals surface area contributed by atoms with Gasteiger partial charge in [0.2, 0.25) is 0 Å². The Morgan fingerprint density at radius 3 is 2.82 bits per heavy atom. The minimum absolute atomic E-state index is 0.345. The summed E-state index contributed by atoms with van der Waals surface area (Å²) in [4.78, 5) is 9.31. The Hall–Kier alpha value is -1.88. The van der Waals surface area contributed by atoms with Gasteiger partial charge in [-0.3, -0.25) is 0 Å². The molecule has 0 unspecified atom stereocenters. The van der Waals surface area contributed by atoms with Crippen LogP contribution in [0.25, 0.3) is 0 Å². The van der Waals surface area contributed by atoms with Gasteiger partial charge in [0.25, 0.3) is 0 Å². The minimum Gasteiger partial charge on any atom is -0.389 e. The average Bonchev–Trinajstić information content (AvgIpc) is 2.76. The van der Waals surface area contributed by atoms with Gasteiger partial charge >= 0.3 is 0 Å². The maximum atomic E-state index is 5.52. The second-order valence-electron chi connectivity index (χ2n) is 3.49. The van der Waals surface area contributed by atoms with E-state index in [0.29, 0.717) is 11.7 Å².